The maximum atomic E-state index is 12.3. The molecule has 1 N–H and O–H groups in total. The lowest BCUT2D eigenvalue weighted by molar-refractivity contribution is 0.0734. The number of fused-ring (bicyclic) bond motifs is 1. The molecule has 0 unspecified atom stereocenters. The zero-order chi connectivity index (χ0) is 17.8. The van der Waals surface area contributed by atoms with Crippen molar-refractivity contribution in [2.24, 2.45) is 0 Å². The number of ether oxygens (including phenoxy) is 1. The van der Waals surface area contributed by atoms with Crippen molar-refractivity contribution in [2.45, 2.75) is 10.9 Å². The number of hydrogen-bond donors (Lipinski definition) is 1. The maximum absolute atomic E-state index is 12.3. The molecule has 0 amide bonds. The fraction of sp³-hybridized carbons (Fsp3) is 0.0500. The Morgan fingerprint density at radius 2 is 1.96 bits per heavy atom. The van der Waals surface area contributed by atoms with Crippen LogP contribution in [-0.4, -0.2) is 20.9 Å². The van der Waals surface area contributed by atoms with Crippen LogP contribution in [-0.2, 0) is 5.75 Å². The number of nitrogens with zero attached hydrogens (tertiary/aromatic N) is 2. The Morgan fingerprint density at radius 3 is 2.81 bits per heavy atom. The van der Waals surface area contributed by atoms with Crippen LogP contribution in [0.4, 0.5) is 0 Å². The van der Waals surface area contributed by atoms with Gasteiger partial charge < -0.3 is 9.72 Å². The van der Waals surface area contributed by atoms with Crippen molar-refractivity contribution in [3.05, 3.63) is 84.2 Å². The van der Waals surface area contributed by atoms with Gasteiger partial charge >= 0.3 is 5.97 Å². The zero-order valence-corrected chi connectivity index (χ0v) is 14.6. The second kappa shape index (κ2) is 7.41. The number of esters is 1. The highest BCUT2D eigenvalue weighted by Crippen LogP contribution is 2.23. The first-order chi connectivity index (χ1) is 12.8. The standard InChI is InChI=1S/C20H15N3O2S/c24-19(25-16-7-2-1-3-8-16)15-6-4-5-14(11-15)13-26-20-22-17-9-10-21-12-18(17)23-20/h1-12H,13H2,(H,22,23). The number of thioether (sulfide) groups is 1. The van der Waals surface area contributed by atoms with Crippen molar-refractivity contribution in [3.8, 4) is 5.75 Å². The third-order valence-corrected chi connectivity index (χ3v) is 4.70. The summed E-state index contributed by atoms with van der Waals surface area (Å²) in [7, 11) is 0. The maximum Gasteiger partial charge on any atom is 0.343 e. The van der Waals surface area contributed by atoms with Crippen LogP contribution in [0.2, 0.25) is 0 Å². The van der Waals surface area contributed by atoms with E-state index in [1.807, 2.05) is 42.5 Å². The SMILES string of the molecule is O=C(Oc1ccccc1)c1cccc(CSc2nc3ccncc3[nH]2)c1. The number of pyridine rings is 1. The molecule has 0 atom stereocenters. The number of benzene rings is 2. The average molecular weight is 361 g/mol. The molecule has 2 heterocycles. The van der Waals surface area contributed by atoms with E-state index in [4.69, 9.17) is 4.74 Å². The summed E-state index contributed by atoms with van der Waals surface area (Å²) in [5, 5.41) is 0.824. The molecule has 5 nitrogen and oxygen atoms in total. The number of hydrogen-bond acceptors (Lipinski definition) is 5. The number of carbonyl (C=O) groups excluding carboxylic acids is 1. The van der Waals surface area contributed by atoms with E-state index in [9.17, 15) is 4.79 Å². The predicted octanol–water partition coefficient (Wildman–Crippen LogP) is 4.47. The summed E-state index contributed by atoms with van der Waals surface area (Å²) < 4.78 is 5.39. The summed E-state index contributed by atoms with van der Waals surface area (Å²) in [5.41, 5.74) is 3.36. The van der Waals surface area contributed by atoms with Crippen molar-refractivity contribution >= 4 is 28.8 Å². The molecular formula is C20H15N3O2S. The molecule has 0 radical (unpaired) electrons. The molecule has 4 rings (SSSR count). The largest absolute Gasteiger partial charge is 0.423 e. The highest BCUT2D eigenvalue weighted by molar-refractivity contribution is 7.98. The Bertz CT molecular complexity index is 1010. The molecule has 0 saturated carbocycles. The van der Waals surface area contributed by atoms with Gasteiger partial charge in [-0.1, -0.05) is 42.1 Å². The van der Waals surface area contributed by atoms with E-state index in [1.54, 1.807) is 42.4 Å². The summed E-state index contributed by atoms with van der Waals surface area (Å²) in [6.45, 7) is 0. The lowest BCUT2D eigenvalue weighted by Gasteiger charge is -2.06. The number of imidazole rings is 1. The topological polar surface area (TPSA) is 67.9 Å². The molecule has 0 aliphatic carbocycles. The predicted molar refractivity (Wildman–Crippen MR) is 101 cm³/mol. The zero-order valence-electron chi connectivity index (χ0n) is 13.8. The van der Waals surface area contributed by atoms with Crippen LogP contribution in [0, 0.1) is 0 Å². The molecule has 6 heteroatoms. The molecule has 0 bridgehead atoms. The third kappa shape index (κ3) is 3.75. The number of H-pyrrole nitrogens is 1. The van der Waals surface area contributed by atoms with E-state index in [0.717, 1.165) is 21.8 Å². The van der Waals surface area contributed by atoms with E-state index in [1.165, 1.54) is 0 Å². The Labute approximate surface area is 154 Å². The Kier molecular flexibility index (Phi) is 4.66. The quantitative estimate of drug-likeness (QED) is 0.323. The van der Waals surface area contributed by atoms with Gasteiger partial charge in [0.05, 0.1) is 22.8 Å². The first kappa shape index (κ1) is 16.4. The summed E-state index contributed by atoms with van der Waals surface area (Å²) in [5.74, 6) is 0.866. The number of nitrogens with one attached hydrogen (secondary N) is 1. The second-order valence-corrected chi connectivity index (χ2v) is 6.59. The number of aromatic nitrogens is 3. The van der Waals surface area contributed by atoms with Crippen LogP contribution in [0.3, 0.4) is 0 Å². The molecule has 4 aromatic rings. The van der Waals surface area contributed by atoms with Crippen molar-refractivity contribution in [1.29, 1.82) is 0 Å². The van der Waals surface area contributed by atoms with Crippen LogP contribution in [0.15, 0.2) is 78.2 Å². The molecule has 0 spiro atoms. The van der Waals surface area contributed by atoms with Gasteiger partial charge in [0.2, 0.25) is 0 Å². The van der Waals surface area contributed by atoms with E-state index < -0.39 is 0 Å². The number of para-hydroxylation sites is 1. The number of carbonyl (C=O) groups is 1. The lowest BCUT2D eigenvalue weighted by atomic mass is 10.1. The van der Waals surface area contributed by atoms with Crippen molar-refractivity contribution in [3.63, 3.8) is 0 Å². The van der Waals surface area contributed by atoms with Gasteiger partial charge in [-0.15, -0.1) is 0 Å². The van der Waals surface area contributed by atoms with Gasteiger partial charge in [0, 0.05) is 11.9 Å². The minimum atomic E-state index is -0.363. The highest BCUT2D eigenvalue weighted by atomic mass is 32.2. The van der Waals surface area contributed by atoms with Gasteiger partial charge in [0.25, 0.3) is 0 Å². The van der Waals surface area contributed by atoms with E-state index in [-0.39, 0.29) is 5.97 Å². The Balaban J connectivity index is 1.44. The molecule has 26 heavy (non-hydrogen) atoms. The van der Waals surface area contributed by atoms with Crippen molar-refractivity contribution in [1.82, 2.24) is 15.0 Å². The first-order valence-corrected chi connectivity index (χ1v) is 9.05. The molecule has 0 fully saturated rings. The van der Waals surface area contributed by atoms with Crippen molar-refractivity contribution < 1.29 is 9.53 Å². The van der Waals surface area contributed by atoms with E-state index >= 15 is 0 Å². The summed E-state index contributed by atoms with van der Waals surface area (Å²) >= 11 is 1.58. The van der Waals surface area contributed by atoms with Gasteiger partial charge in [-0.3, -0.25) is 4.98 Å². The number of rotatable bonds is 5. The molecular weight excluding hydrogens is 346 g/mol. The number of aromatic amines is 1. The van der Waals surface area contributed by atoms with Gasteiger partial charge in [-0.25, -0.2) is 9.78 Å². The smallest absolute Gasteiger partial charge is 0.343 e. The third-order valence-electron chi connectivity index (χ3n) is 3.75. The van der Waals surface area contributed by atoms with Crippen LogP contribution < -0.4 is 4.74 Å². The summed E-state index contributed by atoms with van der Waals surface area (Å²) in [4.78, 5) is 24.1. The van der Waals surface area contributed by atoms with Crippen LogP contribution in [0.25, 0.3) is 11.0 Å². The van der Waals surface area contributed by atoms with E-state index in [2.05, 4.69) is 15.0 Å². The van der Waals surface area contributed by atoms with E-state index in [0.29, 0.717) is 17.1 Å². The monoisotopic (exact) mass is 361 g/mol. The van der Waals surface area contributed by atoms with Gasteiger partial charge in [-0.2, -0.15) is 0 Å². The highest BCUT2D eigenvalue weighted by Gasteiger charge is 2.10. The minimum absolute atomic E-state index is 0.363. The van der Waals surface area contributed by atoms with Crippen molar-refractivity contribution in [2.75, 3.05) is 0 Å². The molecule has 0 aliphatic heterocycles. The molecule has 2 aromatic carbocycles. The van der Waals surface area contributed by atoms with Crippen LogP contribution in [0.1, 0.15) is 15.9 Å². The summed E-state index contributed by atoms with van der Waals surface area (Å²) in [6.07, 6.45) is 3.48. The van der Waals surface area contributed by atoms with Gasteiger partial charge in [0.1, 0.15) is 5.75 Å². The van der Waals surface area contributed by atoms with Gasteiger partial charge in [0.15, 0.2) is 5.16 Å². The average Bonchev–Trinajstić information content (AvgIpc) is 3.10. The Morgan fingerprint density at radius 1 is 1.08 bits per heavy atom. The minimum Gasteiger partial charge on any atom is -0.423 e. The van der Waals surface area contributed by atoms with Gasteiger partial charge in [-0.05, 0) is 35.9 Å². The molecule has 0 aliphatic rings. The van der Waals surface area contributed by atoms with Crippen LogP contribution >= 0.6 is 11.8 Å². The molecule has 0 saturated heterocycles. The van der Waals surface area contributed by atoms with Crippen LogP contribution in [0.5, 0.6) is 5.75 Å². The normalized spacial score (nSPS) is 10.8. The lowest BCUT2D eigenvalue weighted by Crippen LogP contribution is -2.08. The second-order valence-electron chi connectivity index (χ2n) is 5.63. The first-order valence-electron chi connectivity index (χ1n) is 8.07. The summed E-state index contributed by atoms with van der Waals surface area (Å²) in [6, 6.07) is 18.4. The Hall–Kier alpha value is -3.12. The fourth-order valence-corrected chi connectivity index (χ4v) is 3.32. The molecule has 128 valence electrons. The molecule has 2 aromatic heterocycles. The fourth-order valence-electron chi connectivity index (χ4n) is 2.50.